The predicted octanol–water partition coefficient (Wildman–Crippen LogP) is 5.98. The number of nitro groups is 1. The number of anilines is 2. The number of ether oxygens (including phenoxy) is 1. The van der Waals surface area contributed by atoms with E-state index in [1.807, 2.05) is 0 Å². The fourth-order valence-corrected chi connectivity index (χ4v) is 4.09. The molecule has 0 aliphatic heterocycles. The molecule has 0 unspecified atom stereocenters. The molecule has 0 heterocycles. The van der Waals surface area contributed by atoms with Gasteiger partial charge in [0.05, 0.1) is 33.7 Å². The van der Waals surface area contributed by atoms with Crippen LogP contribution in [0.5, 0.6) is 5.75 Å². The lowest BCUT2D eigenvalue weighted by Crippen LogP contribution is -2.14. The molecule has 12 heteroatoms. The third-order valence-corrected chi connectivity index (χ3v) is 5.74. The number of benzene rings is 3. The number of amides is 2. The maximum Gasteiger partial charge on any atom is 0.416 e. The number of hydrogen-bond acceptors (Lipinski definition) is 6. The summed E-state index contributed by atoms with van der Waals surface area (Å²) in [5.74, 6) is -0.593. The van der Waals surface area contributed by atoms with Gasteiger partial charge in [0, 0.05) is 23.6 Å². The van der Waals surface area contributed by atoms with E-state index in [1.54, 1.807) is 24.3 Å². The van der Waals surface area contributed by atoms with E-state index >= 15 is 0 Å². The second-order valence-electron chi connectivity index (χ2n) is 7.09. The fourth-order valence-electron chi connectivity index (χ4n) is 3.06. The summed E-state index contributed by atoms with van der Waals surface area (Å²) in [6.45, 7) is 1.33. The van der Waals surface area contributed by atoms with Gasteiger partial charge >= 0.3 is 6.18 Å². The third-order valence-electron chi connectivity index (χ3n) is 4.60. The fraction of sp³-hybridized carbons (Fsp3) is 0.130. The van der Waals surface area contributed by atoms with E-state index in [-0.39, 0.29) is 26.9 Å². The highest BCUT2D eigenvalue weighted by Crippen LogP contribution is 2.40. The van der Waals surface area contributed by atoms with Gasteiger partial charge in [0.15, 0.2) is 0 Å². The number of methoxy groups -OCH3 is 1. The van der Waals surface area contributed by atoms with E-state index in [1.165, 1.54) is 32.2 Å². The molecule has 0 saturated carbocycles. The Balaban J connectivity index is 1.94. The van der Waals surface area contributed by atoms with Gasteiger partial charge in [0.2, 0.25) is 5.91 Å². The van der Waals surface area contributed by atoms with Crippen LogP contribution in [0.15, 0.2) is 70.5 Å². The molecule has 0 aliphatic rings. The summed E-state index contributed by atoms with van der Waals surface area (Å²) in [6.07, 6.45) is -4.74. The normalized spacial score (nSPS) is 11.0. The molecule has 182 valence electrons. The Bertz CT molecular complexity index is 1300. The van der Waals surface area contributed by atoms with Crippen molar-refractivity contribution in [3.63, 3.8) is 0 Å². The first-order valence-corrected chi connectivity index (χ1v) is 10.7. The first-order chi connectivity index (χ1) is 16.5. The van der Waals surface area contributed by atoms with E-state index in [0.717, 1.165) is 23.9 Å². The largest absolute Gasteiger partial charge is 0.495 e. The van der Waals surface area contributed by atoms with Crippen LogP contribution in [0, 0.1) is 10.1 Å². The van der Waals surface area contributed by atoms with Crippen LogP contribution in [0.2, 0.25) is 0 Å². The quantitative estimate of drug-likeness (QED) is 0.302. The highest BCUT2D eigenvalue weighted by Gasteiger charge is 2.33. The minimum atomic E-state index is -4.74. The van der Waals surface area contributed by atoms with Crippen LogP contribution in [-0.2, 0) is 11.0 Å². The summed E-state index contributed by atoms with van der Waals surface area (Å²) in [7, 11) is 1.40. The van der Waals surface area contributed by atoms with Crippen molar-refractivity contribution < 1.29 is 32.4 Å². The SMILES string of the molecule is COc1ccc(NC(C)=O)cc1NC(=O)c1ccccc1Sc1ccc(C(F)(F)F)cc1[N+](=O)[O-]. The first kappa shape index (κ1) is 25.6. The number of nitrogens with zero attached hydrogens (tertiary/aromatic N) is 1. The molecule has 0 saturated heterocycles. The van der Waals surface area contributed by atoms with Crippen molar-refractivity contribution in [1.82, 2.24) is 0 Å². The number of nitro benzene ring substituents is 1. The maximum atomic E-state index is 13.1. The molecule has 0 spiro atoms. The standard InChI is InChI=1S/C23H18F3N3O5S/c1-13(30)27-15-8-9-19(34-2)17(12-15)28-22(31)16-5-3-4-6-20(16)35-21-10-7-14(23(24,25)26)11-18(21)29(32)33/h3-12H,1-2H3,(H,27,30)(H,28,31). The molecule has 3 aromatic rings. The molecule has 0 aromatic heterocycles. The van der Waals surface area contributed by atoms with Crippen LogP contribution in [-0.4, -0.2) is 23.8 Å². The predicted molar refractivity (Wildman–Crippen MR) is 124 cm³/mol. The minimum Gasteiger partial charge on any atom is -0.495 e. The number of carbonyl (C=O) groups is 2. The molecule has 3 aromatic carbocycles. The van der Waals surface area contributed by atoms with Gasteiger partial charge < -0.3 is 15.4 Å². The van der Waals surface area contributed by atoms with Crippen molar-refractivity contribution in [2.75, 3.05) is 17.7 Å². The van der Waals surface area contributed by atoms with Gasteiger partial charge in [-0.25, -0.2) is 0 Å². The van der Waals surface area contributed by atoms with Crippen LogP contribution in [0.4, 0.5) is 30.2 Å². The Morgan fingerprint density at radius 1 is 1.00 bits per heavy atom. The van der Waals surface area contributed by atoms with Crippen molar-refractivity contribution >= 4 is 40.6 Å². The number of hydrogen-bond donors (Lipinski definition) is 2. The highest BCUT2D eigenvalue weighted by molar-refractivity contribution is 7.99. The van der Waals surface area contributed by atoms with Crippen LogP contribution < -0.4 is 15.4 Å². The van der Waals surface area contributed by atoms with Gasteiger partial charge in [-0.05, 0) is 42.5 Å². The van der Waals surface area contributed by atoms with Gasteiger partial charge in [-0.15, -0.1) is 0 Å². The summed E-state index contributed by atoms with van der Waals surface area (Å²) >= 11 is 0.791. The monoisotopic (exact) mass is 505 g/mol. The average molecular weight is 505 g/mol. The molecule has 0 bridgehead atoms. The van der Waals surface area contributed by atoms with Crippen LogP contribution >= 0.6 is 11.8 Å². The number of carbonyl (C=O) groups excluding carboxylic acids is 2. The zero-order valence-corrected chi connectivity index (χ0v) is 19.1. The molecule has 0 aliphatic carbocycles. The van der Waals surface area contributed by atoms with Gasteiger partial charge in [0.25, 0.3) is 11.6 Å². The molecule has 35 heavy (non-hydrogen) atoms. The molecule has 3 rings (SSSR count). The Morgan fingerprint density at radius 2 is 1.71 bits per heavy atom. The molecule has 8 nitrogen and oxygen atoms in total. The Morgan fingerprint density at radius 3 is 2.34 bits per heavy atom. The van der Waals surface area contributed by atoms with Crippen molar-refractivity contribution in [3.8, 4) is 5.75 Å². The number of rotatable bonds is 7. The van der Waals surface area contributed by atoms with Gasteiger partial charge in [-0.2, -0.15) is 13.2 Å². The van der Waals surface area contributed by atoms with E-state index in [2.05, 4.69) is 10.6 Å². The number of halogens is 3. The summed E-state index contributed by atoms with van der Waals surface area (Å²) in [6, 6.07) is 13.0. The highest BCUT2D eigenvalue weighted by atomic mass is 32.2. The Hall–Kier alpha value is -4.06. The zero-order chi connectivity index (χ0) is 25.8. The zero-order valence-electron chi connectivity index (χ0n) is 18.3. The van der Waals surface area contributed by atoms with Crippen LogP contribution in [0.3, 0.4) is 0 Å². The van der Waals surface area contributed by atoms with E-state index in [0.29, 0.717) is 17.5 Å². The van der Waals surface area contributed by atoms with Crippen molar-refractivity contribution in [2.45, 2.75) is 22.9 Å². The smallest absolute Gasteiger partial charge is 0.416 e. The Labute approximate surface area is 201 Å². The minimum absolute atomic E-state index is 0.0616. The number of alkyl halides is 3. The van der Waals surface area contributed by atoms with E-state index < -0.39 is 28.3 Å². The lowest BCUT2D eigenvalue weighted by atomic mass is 10.2. The summed E-state index contributed by atoms with van der Waals surface area (Å²) < 4.78 is 44.3. The van der Waals surface area contributed by atoms with Crippen molar-refractivity contribution in [2.24, 2.45) is 0 Å². The topological polar surface area (TPSA) is 111 Å². The summed E-state index contributed by atoms with van der Waals surface area (Å²) in [4.78, 5) is 35.2. The molecule has 0 radical (unpaired) electrons. The summed E-state index contributed by atoms with van der Waals surface area (Å²) in [5.41, 5.74) is -1.09. The average Bonchev–Trinajstić information content (AvgIpc) is 2.78. The van der Waals surface area contributed by atoms with Gasteiger partial charge in [-0.1, -0.05) is 23.9 Å². The lowest BCUT2D eigenvalue weighted by Gasteiger charge is -2.14. The number of nitrogens with one attached hydrogen (secondary N) is 2. The van der Waals surface area contributed by atoms with Crippen LogP contribution in [0.1, 0.15) is 22.8 Å². The molecule has 2 N–H and O–H groups in total. The molecule has 0 fully saturated rings. The summed E-state index contributed by atoms with van der Waals surface area (Å²) in [5, 5.41) is 16.7. The molecular formula is C23H18F3N3O5S. The van der Waals surface area contributed by atoms with E-state index in [9.17, 15) is 32.9 Å². The maximum absolute atomic E-state index is 13.1. The second kappa shape index (κ2) is 10.5. The molecule has 0 atom stereocenters. The Kier molecular flexibility index (Phi) is 7.65. The van der Waals surface area contributed by atoms with Gasteiger partial charge in [-0.3, -0.25) is 19.7 Å². The molecular weight excluding hydrogens is 487 g/mol. The first-order valence-electron chi connectivity index (χ1n) is 9.89. The van der Waals surface area contributed by atoms with Crippen molar-refractivity contribution in [1.29, 1.82) is 0 Å². The van der Waals surface area contributed by atoms with Gasteiger partial charge in [0.1, 0.15) is 5.75 Å². The lowest BCUT2D eigenvalue weighted by molar-refractivity contribution is -0.388. The second-order valence-corrected chi connectivity index (χ2v) is 8.17. The van der Waals surface area contributed by atoms with Crippen molar-refractivity contribution in [3.05, 3.63) is 81.9 Å². The van der Waals surface area contributed by atoms with E-state index in [4.69, 9.17) is 4.74 Å². The van der Waals surface area contributed by atoms with Crippen LogP contribution in [0.25, 0.3) is 0 Å². The third kappa shape index (κ3) is 6.29. The molecule has 2 amide bonds.